The second-order valence-corrected chi connectivity index (χ2v) is 10.1. The van der Waals surface area contributed by atoms with Gasteiger partial charge >= 0.3 is 0 Å². The molecule has 1 N–H and O–H groups in total. The van der Waals surface area contributed by atoms with Gasteiger partial charge in [0.2, 0.25) is 15.9 Å². The van der Waals surface area contributed by atoms with Crippen LogP contribution in [0.15, 0.2) is 48.5 Å². The van der Waals surface area contributed by atoms with E-state index in [9.17, 15) is 13.2 Å². The molecule has 0 saturated heterocycles. The van der Waals surface area contributed by atoms with Crippen LogP contribution < -0.4 is 14.4 Å². The smallest absolute Gasteiger partial charge is 0.244 e. The molecule has 2 atom stereocenters. The van der Waals surface area contributed by atoms with Crippen LogP contribution in [0.3, 0.4) is 0 Å². The molecular weight excluding hydrogens is 412 g/mol. The number of hydrogen-bond donors (Lipinski definition) is 1. The second-order valence-electron chi connectivity index (χ2n) is 8.22. The van der Waals surface area contributed by atoms with Gasteiger partial charge in [-0.25, -0.2) is 8.42 Å². The quantitative estimate of drug-likeness (QED) is 0.590. The number of carbonyl (C=O) groups is 1. The molecule has 2 rings (SSSR count). The van der Waals surface area contributed by atoms with Crippen LogP contribution in [0.4, 0.5) is 5.69 Å². The molecule has 31 heavy (non-hydrogen) atoms. The Hall–Kier alpha value is -2.54. The van der Waals surface area contributed by atoms with Gasteiger partial charge in [0.1, 0.15) is 11.8 Å². The van der Waals surface area contributed by atoms with Crippen molar-refractivity contribution in [1.82, 2.24) is 5.32 Å². The second kappa shape index (κ2) is 10.7. The van der Waals surface area contributed by atoms with Crippen molar-refractivity contribution in [2.75, 3.05) is 17.7 Å². The Labute approximate surface area is 186 Å². The Balaban J connectivity index is 2.30. The fourth-order valence-electron chi connectivity index (χ4n) is 3.57. The Kier molecular flexibility index (Phi) is 8.51. The molecular formula is C24H34N2O4S. The summed E-state index contributed by atoms with van der Waals surface area (Å²) in [5, 5.41) is 3.06. The van der Waals surface area contributed by atoms with Gasteiger partial charge < -0.3 is 10.1 Å². The number of aryl methyl sites for hydroxylation is 1. The molecule has 0 aromatic heterocycles. The lowest BCUT2D eigenvalue weighted by Gasteiger charge is -2.30. The summed E-state index contributed by atoms with van der Waals surface area (Å²) in [6.45, 7) is 7.83. The van der Waals surface area contributed by atoms with Gasteiger partial charge in [0.25, 0.3) is 0 Å². The molecule has 0 aliphatic heterocycles. The van der Waals surface area contributed by atoms with E-state index in [-0.39, 0.29) is 11.9 Å². The number of amides is 1. The molecule has 2 aromatic carbocycles. The highest BCUT2D eigenvalue weighted by atomic mass is 32.2. The van der Waals surface area contributed by atoms with Crippen LogP contribution >= 0.6 is 0 Å². The van der Waals surface area contributed by atoms with E-state index < -0.39 is 16.1 Å². The van der Waals surface area contributed by atoms with Crippen molar-refractivity contribution in [2.45, 2.75) is 52.6 Å². The van der Waals surface area contributed by atoms with E-state index in [1.807, 2.05) is 43.3 Å². The fraction of sp³-hybridized carbons (Fsp3) is 0.458. The van der Waals surface area contributed by atoms with Crippen LogP contribution in [0.2, 0.25) is 0 Å². The number of carbonyl (C=O) groups excluding carboxylic acids is 1. The maximum absolute atomic E-state index is 13.2. The summed E-state index contributed by atoms with van der Waals surface area (Å²) in [7, 11) is -2.05. The topological polar surface area (TPSA) is 75.7 Å². The van der Waals surface area contributed by atoms with Gasteiger partial charge in [-0.3, -0.25) is 9.10 Å². The molecule has 0 saturated carbocycles. The number of nitrogens with one attached hydrogen (secondary N) is 1. The van der Waals surface area contributed by atoms with Crippen LogP contribution in [0.5, 0.6) is 5.75 Å². The Morgan fingerprint density at radius 2 is 1.61 bits per heavy atom. The highest BCUT2D eigenvalue weighted by Crippen LogP contribution is 2.26. The fourth-order valence-corrected chi connectivity index (χ4v) is 4.74. The average molecular weight is 447 g/mol. The van der Waals surface area contributed by atoms with Crippen molar-refractivity contribution in [2.24, 2.45) is 5.92 Å². The molecule has 0 fully saturated rings. The number of hydrogen-bond acceptors (Lipinski definition) is 4. The summed E-state index contributed by atoms with van der Waals surface area (Å²) in [5.41, 5.74) is 2.53. The number of benzene rings is 2. The molecule has 1 amide bonds. The first-order valence-electron chi connectivity index (χ1n) is 10.6. The Bertz CT molecular complexity index is 954. The minimum atomic E-state index is -3.66. The molecule has 0 radical (unpaired) electrons. The molecule has 0 heterocycles. The molecule has 0 aliphatic carbocycles. The van der Waals surface area contributed by atoms with Crippen molar-refractivity contribution < 1.29 is 17.9 Å². The van der Waals surface area contributed by atoms with E-state index in [0.717, 1.165) is 36.0 Å². The Morgan fingerprint density at radius 1 is 1.03 bits per heavy atom. The summed E-state index contributed by atoms with van der Waals surface area (Å²) in [6.07, 6.45) is 2.71. The van der Waals surface area contributed by atoms with Crippen LogP contribution in [-0.2, 0) is 21.2 Å². The number of anilines is 1. The van der Waals surface area contributed by atoms with Gasteiger partial charge in [-0.15, -0.1) is 0 Å². The van der Waals surface area contributed by atoms with Gasteiger partial charge in [-0.1, -0.05) is 45.0 Å². The Morgan fingerprint density at radius 3 is 2.06 bits per heavy atom. The zero-order valence-corrected chi connectivity index (χ0v) is 20.1. The van der Waals surface area contributed by atoms with Crippen LogP contribution in [0.1, 0.15) is 51.3 Å². The average Bonchev–Trinajstić information content (AvgIpc) is 2.72. The number of ether oxygens (including phenoxy) is 1. The lowest BCUT2D eigenvalue weighted by molar-refractivity contribution is -0.122. The number of nitrogens with zero attached hydrogens (tertiary/aromatic N) is 1. The van der Waals surface area contributed by atoms with Gasteiger partial charge in [-0.2, -0.15) is 0 Å². The van der Waals surface area contributed by atoms with E-state index in [4.69, 9.17) is 4.74 Å². The molecule has 7 heteroatoms. The molecule has 0 spiro atoms. The first kappa shape index (κ1) is 24.7. The predicted molar refractivity (Wildman–Crippen MR) is 126 cm³/mol. The van der Waals surface area contributed by atoms with Gasteiger partial charge in [0.05, 0.1) is 25.1 Å². The lowest BCUT2D eigenvalue weighted by atomic mass is 9.96. The van der Waals surface area contributed by atoms with E-state index in [1.54, 1.807) is 26.2 Å². The van der Waals surface area contributed by atoms with Crippen LogP contribution in [0.25, 0.3) is 0 Å². The zero-order chi connectivity index (χ0) is 23.2. The van der Waals surface area contributed by atoms with E-state index in [0.29, 0.717) is 11.6 Å². The van der Waals surface area contributed by atoms with Gasteiger partial charge in [0, 0.05) is 0 Å². The molecule has 6 nitrogen and oxygen atoms in total. The number of methoxy groups -OCH3 is 1. The third-order valence-corrected chi connectivity index (χ3v) is 6.47. The van der Waals surface area contributed by atoms with Crippen molar-refractivity contribution in [3.63, 3.8) is 0 Å². The summed E-state index contributed by atoms with van der Waals surface area (Å²) in [5.74, 6) is 0.743. The lowest BCUT2D eigenvalue weighted by Crippen LogP contribution is -2.48. The molecule has 0 bridgehead atoms. The third kappa shape index (κ3) is 6.72. The molecule has 0 aliphatic rings. The summed E-state index contributed by atoms with van der Waals surface area (Å²) in [6, 6.07) is 13.7. The van der Waals surface area contributed by atoms with Crippen LogP contribution in [0, 0.1) is 5.92 Å². The first-order chi connectivity index (χ1) is 14.6. The monoisotopic (exact) mass is 446 g/mol. The van der Waals surface area contributed by atoms with E-state index in [1.165, 1.54) is 4.31 Å². The molecule has 2 aromatic rings. The maximum atomic E-state index is 13.2. The van der Waals surface area contributed by atoms with E-state index in [2.05, 4.69) is 19.2 Å². The van der Waals surface area contributed by atoms with E-state index >= 15 is 0 Å². The van der Waals surface area contributed by atoms with Gasteiger partial charge in [0.15, 0.2) is 0 Å². The van der Waals surface area contributed by atoms with Crippen molar-refractivity contribution in [3.8, 4) is 5.75 Å². The maximum Gasteiger partial charge on any atom is 0.244 e. The summed E-state index contributed by atoms with van der Waals surface area (Å²) in [4.78, 5) is 13.2. The first-order valence-corrected chi connectivity index (χ1v) is 12.4. The van der Waals surface area contributed by atoms with Crippen molar-refractivity contribution >= 4 is 21.6 Å². The standard InChI is InChI=1S/C24H34N2O4S/c1-7-19-8-12-21(13-9-19)26(31(6,28)29)18(4)24(27)25-23(16-17(2)3)20-10-14-22(30-5)15-11-20/h8-15,17-18,23H,7,16H2,1-6H3,(H,25,27)/t18-,23+/m0/s1. The molecule has 0 unspecified atom stereocenters. The largest absolute Gasteiger partial charge is 0.497 e. The summed E-state index contributed by atoms with van der Waals surface area (Å²) >= 11 is 0. The van der Waals surface area contributed by atoms with Crippen molar-refractivity contribution in [3.05, 3.63) is 59.7 Å². The highest BCUT2D eigenvalue weighted by molar-refractivity contribution is 7.92. The number of sulfonamides is 1. The minimum absolute atomic E-state index is 0.232. The summed E-state index contributed by atoms with van der Waals surface area (Å²) < 4.78 is 31.5. The zero-order valence-electron chi connectivity index (χ0n) is 19.3. The van der Waals surface area contributed by atoms with Crippen LogP contribution in [-0.4, -0.2) is 33.7 Å². The van der Waals surface area contributed by atoms with Gasteiger partial charge in [-0.05, 0) is 61.1 Å². The highest BCUT2D eigenvalue weighted by Gasteiger charge is 2.30. The third-order valence-electron chi connectivity index (χ3n) is 5.23. The predicted octanol–water partition coefficient (Wildman–Crippen LogP) is 4.32. The molecule has 170 valence electrons. The minimum Gasteiger partial charge on any atom is -0.497 e. The number of rotatable bonds is 10. The normalized spacial score (nSPS) is 13.5. The SMILES string of the molecule is CCc1ccc(N([C@@H](C)C(=O)N[C@H](CC(C)C)c2ccc(OC)cc2)S(C)(=O)=O)cc1. The van der Waals surface area contributed by atoms with Crippen molar-refractivity contribution in [1.29, 1.82) is 0 Å².